The summed E-state index contributed by atoms with van der Waals surface area (Å²) in [5.41, 5.74) is 1.62. The van der Waals surface area contributed by atoms with Crippen molar-refractivity contribution in [1.29, 1.82) is 0 Å². The number of aryl methyl sites for hydroxylation is 1. The monoisotopic (exact) mass is 370 g/mol. The van der Waals surface area contributed by atoms with Crippen LogP contribution in [0.3, 0.4) is 0 Å². The van der Waals surface area contributed by atoms with Crippen molar-refractivity contribution in [3.05, 3.63) is 43.9 Å². The van der Waals surface area contributed by atoms with Crippen LogP contribution in [0.15, 0.2) is 29.1 Å². The number of aromatic nitrogens is 2. The van der Waals surface area contributed by atoms with E-state index in [1.165, 1.54) is 0 Å². The van der Waals surface area contributed by atoms with Crippen LogP contribution in [0.5, 0.6) is 5.75 Å². The normalized spacial score (nSPS) is 10.5. The smallest absolute Gasteiger partial charge is 0.264 e. The number of hydrogen-bond donors (Lipinski definition) is 1. The summed E-state index contributed by atoms with van der Waals surface area (Å²) >= 11 is 2.05. The molecule has 1 aromatic heterocycles. The van der Waals surface area contributed by atoms with Gasteiger partial charge in [-0.2, -0.15) is 0 Å². The Kier molecular flexibility index (Phi) is 4.57. The maximum Gasteiger partial charge on any atom is 0.264 e. The number of ether oxygens (including phenoxy) is 1. The molecule has 0 radical (unpaired) electrons. The predicted molar refractivity (Wildman–Crippen MR) is 83.6 cm³/mol. The van der Waals surface area contributed by atoms with Crippen molar-refractivity contribution in [2.75, 3.05) is 7.11 Å². The molecule has 5 heteroatoms. The summed E-state index contributed by atoms with van der Waals surface area (Å²) in [7, 11) is 1.62. The van der Waals surface area contributed by atoms with Crippen molar-refractivity contribution in [2.45, 2.75) is 19.8 Å². The van der Waals surface area contributed by atoms with E-state index in [1.54, 1.807) is 7.11 Å². The second-order valence-corrected chi connectivity index (χ2v) is 5.24. The fourth-order valence-electron chi connectivity index (χ4n) is 1.81. The number of benzene rings is 1. The summed E-state index contributed by atoms with van der Waals surface area (Å²) < 4.78 is 5.86. The highest BCUT2D eigenvalue weighted by Crippen LogP contribution is 2.21. The van der Waals surface area contributed by atoms with E-state index in [4.69, 9.17) is 4.74 Å². The van der Waals surface area contributed by atoms with Gasteiger partial charge < -0.3 is 9.72 Å². The number of halogens is 1. The van der Waals surface area contributed by atoms with Crippen LogP contribution in [0, 0.1) is 3.57 Å². The highest BCUT2D eigenvalue weighted by atomic mass is 127. The fourth-order valence-corrected chi connectivity index (χ4v) is 2.34. The molecule has 0 saturated heterocycles. The van der Waals surface area contributed by atoms with Gasteiger partial charge in [0.25, 0.3) is 5.56 Å². The Labute approximate surface area is 125 Å². The van der Waals surface area contributed by atoms with Gasteiger partial charge in [0, 0.05) is 5.56 Å². The van der Waals surface area contributed by atoms with E-state index in [2.05, 4.69) is 16.9 Å². The molecule has 0 aliphatic carbocycles. The minimum atomic E-state index is -0.0862. The van der Waals surface area contributed by atoms with Crippen molar-refractivity contribution < 1.29 is 4.74 Å². The van der Waals surface area contributed by atoms with Crippen LogP contribution >= 0.6 is 22.6 Å². The Morgan fingerprint density at radius 2 is 2.21 bits per heavy atom. The third kappa shape index (κ3) is 3.15. The van der Waals surface area contributed by atoms with Gasteiger partial charge in [-0.15, -0.1) is 0 Å². The van der Waals surface area contributed by atoms with Gasteiger partial charge in [-0.3, -0.25) is 4.79 Å². The average Bonchev–Trinajstić information content (AvgIpc) is 2.44. The molecule has 0 bridgehead atoms. The lowest BCUT2D eigenvalue weighted by Crippen LogP contribution is -2.16. The molecule has 100 valence electrons. The molecule has 1 aromatic carbocycles. The van der Waals surface area contributed by atoms with Gasteiger partial charge in [0.2, 0.25) is 0 Å². The number of hydrogen-bond acceptors (Lipinski definition) is 3. The van der Waals surface area contributed by atoms with Gasteiger partial charge in [0.15, 0.2) is 0 Å². The van der Waals surface area contributed by atoms with Crippen molar-refractivity contribution in [2.24, 2.45) is 0 Å². The van der Waals surface area contributed by atoms with Crippen molar-refractivity contribution >= 4 is 22.6 Å². The van der Waals surface area contributed by atoms with Crippen LogP contribution in [-0.2, 0) is 6.42 Å². The summed E-state index contributed by atoms with van der Waals surface area (Å²) in [6.07, 6.45) is 1.77. The Bertz CT molecular complexity index is 638. The standard InChI is InChI=1S/C14H15IN2O2/c1-3-5-11-12(15)14(18)17-13(16-11)9-6-4-7-10(8-9)19-2/h4,6-8H,3,5H2,1-2H3,(H,16,17,18). The number of H-pyrrole nitrogens is 1. The fraction of sp³-hybridized carbons (Fsp3) is 0.286. The van der Waals surface area contributed by atoms with Crippen LogP contribution in [0.4, 0.5) is 0 Å². The van der Waals surface area contributed by atoms with Crippen molar-refractivity contribution in [3.63, 3.8) is 0 Å². The van der Waals surface area contributed by atoms with Gasteiger partial charge in [0.05, 0.1) is 16.4 Å². The highest BCUT2D eigenvalue weighted by molar-refractivity contribution is 14.1. The molecule has 0 unspecified atom stereocenters. The lowest BCUT2D eigenvalue weighted by molar-refractivity contribution is 0.415. The van der Waals surface area contributed by atoms with Gasteiger partial charge >= 0.3 is 0 Å². The first-order valence-corrected chi connectivity index (χ1v) is 7.16. The molecule has 0 atom stereocenters. The highest BCUT2D eigenvalue weighted by Gasteiger charge is 2.10. The van der Waals surface area contributed by atoms with E-state index >= 15 is 0 Å². The quantitative estimate of drug-likeness (QED) is 0.842. The van der Waals surface area contributed by atoms with E-state index in [-0.39, 0.29) is 5.56 Å². The molecule has 0 saturated carbocycles. The molecule has 0 amide bonds. The van der Waals surface area contributed by atoms with Crippen molar-refractivity contribution in [3.8, 4) is 17.1 Å². The first-order chi connectivity index (χ1) is 9.15. The zero-order valence-electron chi connectivity index (χ0n) is 10.9. The van der Waals surface area contributed by atoms with Gasteiger partial charge in [-0.25, -0.2) is 4.98 Å². The summed E-state index contributed by atoms with van der Waals surface area (Å²) in [6.45, 7) is 2.07. The summed E-state index contributed by atoms with van der Waals surface area (Å²) in [5.74, 6) is 1.34. The number of nitrogens with one attached hydrogen (secondary N) is 1. The first-order valence-electron chi connectivity index (χ1n) is 6.08. The third-order valence-corrected chi connectivity index (χ3v) is 3.87. The molecule has 1 N–H and O–H groups in total. The molecular formula is C14H15IN2O2. The van der Waals surface area contributed by atoms with Crippen LogP contribution in [0.1, 0.15) is 19.0 Å². The van der Waals surface area contributed by atoms with E-state index in [1.807, 2.05) is 46.9 Å². The summed E-state index contributed by atoms with van der Waals surface area (Å²) in [5, 5.41) is 0. The number of aromatic amines is 1. The maximum atomic E-state index is 11.9. The lowest BCUT2D eigenvalue weighted by atomic mass is 10.2. The third-order valence-electron chi connectivity index (χ3n) is 2.76. The molecule has 4 nitrogen and oxygen atoms in total. The zero-order chi connectivity index (χ0) is 13.8. The molecular weight excluding hydrogens is 355 g/mol. The maximum absolute atomic E-state index is 11.9. The van der Waals surface area contributed by atoms with Crippen LogP contribution in [0.2, 0.25) is 0 Å². The topological polar surface area (TPSA) is 55.0 Å². The largest absolute Gasteiger partial charge is 0.497 e. The molecule has 0 fully saturated rings. The lowest BCUT2D eigenvalue weighted by Gasteiger charge is -2.07. The van der Waals surface area contributed by atoms with Gasteiger partial charge in [-0.05, 0) is 41.1 Å². The minimum Gasteiger partial charge on any atom is -0.497 e. The second kappa shape index (κ2) is 6.18. The molecule has 1 heterocycles. The Morgan fingerprint density at radius 3 is 2.89 bits per heavy atom. The van der Waals surface area contributed by atoms with Gasteiger partial charge in [0.1, 0.15) is 11.6 Å². The van der Waals surface area contributed by atoms with E-state index in [0.29, 0.717) is 9.39 Å². The molecule has 2 aromatic rings. The van der Waals surface area contributed by atoms with Crippen molar-refractivity contribution in [1.82, 2.24) is 9.97 Å². The first kappa shape index (κ1) is 14.0. The van der Waals surface area contributed by atoms with Crippen LogP contribution in [-0.4, -0.2) is 17.1 Å². The molecule has 0 aliphatic rings. The molecule has 2 rings (SSSR count). The van der Waals surface area contributed by atoms with Crippen LogP contribution in [0.25, 0.3) is 11.4 Å². The summed E-state index contributed by atoms with van der Waals surface area (Å²) in [4.78, 5) is 19.3. The minimum absolute atomic E-state index is 0.0862. The molecule has 0 aliphatic heterocycles. The van der Waals surface area contributed by atoms with E-state index in [0.717, 1.165) is 29.8 Å². The Hall–Kier alpha value is -1.37. The Morgan fingerprint density at radius 1 is 1.42 bits per heavy atom. The molecule has 0 spiro atoms. The predicted octanol–water partition coefficient (Wildman–Crippen LogP) is 3.00. The molecule has 19 heavy (non-hydrogen) atoms. The SMILES string of the molecule is CCCc1nc(-c2cccc(OC)c2)[nH]c(=O)c1I. The number of methoxy groups -OCH3 is 1. The average molecular weight is 370 g/mol. The van der Waals surface area contributed by atoms with Crippen LogP contribution < -0.4 is 10.3 Å². The number of nitrogens with zero attached hydrogens (tertiary/aromatic N) is 1. The van der Waals surface area contributed by atoms with E-state index in [9.17, 15) is 4.79 Å². The Balaban J connectivity index is 2.52. The number of rotatable bonds is 4. The van der Waals surface area contributed by atoms with Gasteiger partial charge in [-0.1, -0.05) is 25.5 Å². The summed E-state index contributed by atoms with van der Waals surface area (Å²) in [6, 6.07) is 7.51. The van der Waals surface area contributed by atoms with E-state index < -0.39 is 0 Å². The zero-order valence-corrected chi connectivity index (χ0v) is 13.0. The second-order valence-electron chi connectivity index (χ2n) is 4.16.